The minimum Gasteiger partial charge on any atom is -0.0805 e. The lowest BCUT2D eigenvalue weighted by Crippen LogP contribution is -2.07. The molecule has 1 aliphatic carbocycles. The molecule has 1 rings (SSSR count). The van der Waals surface area contributed by atoms with Gasteiger partial charge in [0.15, 0.2) is 0 Å². The Morgan fingerprint density at radius 1 is 1.31 bits per heavy atom. The van der Waals surface area contributed by atoms with Gasteiger partial charge in [0.05, 0.1) is 0 Å². The Morgan fingerprint density at radius 2 is 2.08 bits per heavy atom. The van der Waals surface area contributed by atoms with Crippen molar-refractivity contribution >= 4 is 0 Å². The second-order valence-electron chi connectivity index (χ2n) is 4.23. The van der Waals surface area contributed by atoms with Gasteiger partial charge in [-0.05, 0) is 31.1 Å². The summed E-state index contributed by atoms with van der Waals surface area (Å²) in [7, 11) is 0. The standard InChI is InChI=1S/C13H22/c1-4-11(3)10-12(5-2)13-8-6-7-9-13/h6-8,11-12H,4-5,9-10H2,1-3H3. The van der Waals surface area contributed by atoms with Crippen LogP contribution in [0.4, 0.5) is 0 Å². The highest BCUT2D eigenvalue weighted by Crippen LogP contribution is 2.29. The van der Waals surface area contributed by atoms with E-state index >= 15 is 0 Å². The Morgan fingerprint density at radius 3 is 2.54 bits per heavy atom. The zero-order valence-corrected chi connectivity index (χ0v) is 9.22. The molecule has 0 aliphatic heterocycles. The molecular formula is C13H22. The van der Waals surface area contributed by atoms with Gasteiger partial charge in [0.25, 0.3) is 0 Å². The molecule has 74 valence electrons. The molecule has 0 aromatic carbocycles. The summed E-state index contributed by atoms with van der Waals surface area (Å²) in [5, 5.41) is 0. The van der Waals surface area contributed by atoms with Crippen LogP contribution in [-0.4, -0.2) is 0 Å². The predicted octanol–water partition coefficient (Wildman–Crippen LogP) is 4.34. The van der Waals surface area contributed by atoms with Gasteiger partial charge >= 0.3 is 0 Å². The third kappa shape index (κ3) is 3.02. The average molecular weight is 178 g/mol. The highest BCUT2D eigenvalue weighted by atomic mass is 14.2. The van der Waals surface area contributed by atoms with Crippen molar-refractivity contribution in [3.05, 3.63) is 23.8 Å². The quantitative estimate of drug-likeness (QED) is 0.587. The van der Waals surface area contributed by atoms with Crippen molar-refractivity contribution in [3.8, 4) is 0 Å². The van der Waals surface area contributed by atoms with E-state index in [1.165, 1.54) is 25.7 Å². The van der Waals surface area contributed by atoms with Crippen LogP contribution in [0.3, 0.4) is 0 Å². The van der Waals surface area contributed by atoms with E-state index in [9.17, 15) is 0 Å². The molecule has 0 nitrogen and oxygen atoms in total. The van der Waals surface area contributed by atoms with Crippen LogP contribution in [-0.2, 0) is 0 Å². The van der Waals surface area contributed by atoms with Crippen LogP contribution in [0.2, 0.25) is 0 Å². The molecule has 0 heteroatoms. The highest BCUT2D eigenvalue weighted by molar-refractivity contribution is 5.24. The largest absolute Gasteiger partial charge is 0.0805 e. The molecule has 0 amide bonds. The molecule has 0 N–H and O–H groups in total. The molecule has 0 radical (unpaired) electrons. The summed E-state index contributed by atoms with van der Waals surface area (Å²) in [6.45, 7) is 6.97. The third-order valence-electron chi connectivity index (χ3n) is 3.20. The molecule has 0 fully saturated rings. The molecule has 0 aromatic rings. The Labute approximate surface area is 82.7 Å². The Hall–Kier alpha value is -0.520. The monoisotopic (exact) mass is 178 g/mol. The maximum absolute atomic E-state index is 2.37. The molecule has 0 bridgehead atoms. The number of rotatable bonds is 5. The molecule has 2 atom stereocenters. The highest BCUT2D eigenvalue weighted by Gasteiger charge is 2.15. The van der Waals surface area contributed by atoms with Gasteiger partial charge in [0.2, 0.25) is 0 Å². The predicted molar refractivity (Wildman–Crippen MR) is 59.7 cm³/mol. The van der Waals surface area contributed by atoms with Crippen molar-refractivity contribution in [2.45, 2.75) is 46.5 Å². The van der Waals surface area contributed by atoms with Crippen molar-refractivity contribution in [1.82, 2.24) is 0 Å². The first kappa shape index (κ1) is 10.6. The fraction of sp³-hybridized carbons (Fsp3) is 0.692. The summed E-state index contributed by atoms with van der Waals surface area (Å²) >= 11 is 0. The zero-order valence-electron chi connectivity index (χ0n) is 9.22. The van der Waals surface area contributed by atoms with Crippen molar-refractivity contribution in [2.75, 3.05) is 0 Å². The third-order valence-corrected chi connectivity index (χ3v) is 3.20. The smallest absolute Gasteiger partial charge is 0.0130 e. The zero-order chi connectivity index (χ0) is 9.68. The molecule has 0 aromatic heterocycles. The number of allylic oxidation sites excluding steroid dienone is 4. The molecule has 0 saturated carbocycles. The van der Waals surface area contributed by atoms with Gasteiger partial charge in [0.1, 0.15) is 0 Å². The minimum absolute atomic E-state index is 0.838. The normalized spacial score (nSPS) is 20.1. The molecule has 1 aliphatic rings. The van der Waals surface area contributed by atoms with Gasteiger partial charge < -0.3 is 0 Å². The van der Waals surface area contributed by atoms with Crippen LogP contribution >= 0.6 is 0 Å². The number of hydrogen-bond acceptors (Lipinski definition) is 0. The van der Waals surface area contributed by atoms with Crippen molar-refractivity contribution in [3.63, 3.8) is 0 Å². The van der Waals surface area contributed by atoms with E-state index in [2.05, 4.69) is 39.0 Å². The molecule has 0 saturated heterocycles. The first-order valence-corrected chi connectivity index (χ1v) is 5.63. The minimum atomic E-state index is 0.838. The summed E-state index contributed by atoms with van der Waals surface area (Å²) < 4.78 is 0. The lowest BCUT2D eigenvalue weighted by Gasteiger charge is -2.20. The summed E-state index contributed by atoms with van der Waals surface area (Å²) in [5.74, 6) is 1.72. The van der Waals surface area contributed by atoms with Crippen LogP contribution < -0.4 is 0 Å². The van der Waals surface area contributed by atoms with Crippen LogP contribution in [0.15, 0.2) is 23.8 Å². The van der Waals surface area contributed by atoms with E-state index in [1.807, 2.05) is 0 Å². The lowest BCUT2D eigenvalue weighted by molar-refractivity contribution is 0.410. The van der Waals surface area contributed by atoms with Crippen LogP contribution in [0.25, 0.3) is 0 Å². The van der Waals surface area contributed by atoms with Gasteiger partial charge in [-0.2, -0.15) is 0 Å². The molecule has 0 heterocycles. The molecule has 13 heavy (non-hydrogen) atoms. The van der Waals surface area contributed by atoms with Gasteiger partial charge in [-0.1, -0.05) is 51.0 Å². The van der Waals surface area contributed by atoms with Gasteiger partial charge in [-0.25, -0.2) is 0 Å². The van der Waals surface area contributed by atoms with Crippen LogP contribution in [0.1, 0.15) is 46.5 Å². The number of hydrogen-bond donors (Lipinski definition) is 0. The van der Waals surface area contributed by atoms with E-state index in [-0.39, 0.29) is 0 Å². The fourth-order valence-corrected chi connectivity index (χ4v) is 2.00. The summed E-state index contributed by atoms with van der Waals surface area (Å²) in [4.78, 5) is 0. The maximum Gasteiger partial charge on any atom is -0.0130 e. The summed E-state index contributed by atoms with van der Waals surface area (Å²) in [6, 6.07) is 0. The molecular weight excluding hydrogens is 156 g/mol. The van der Waals surface area contributed by atoms with Gasteiger partial charge in [-0.15, -0.1) is 0 Å². The van der Waals surface area contributed by atoms with Crippen molar-refractivity contribution in [2.24, 2.45) is 11.8 Å². The SMILES string of the molecule is CCC(C)CC(CC)C1=CC=CC1. The van der Waals surface area contributed by atoms with Crippen molar-refractivity contribution < 1.29 is 0 Å². The first-order valence-electron chi connectivity index (χ1n) is 5.63. The average Bonchev–Trinajstić information content (AvgIpc) is 2.66. The van der Waals surface area contributed by atoms with Gasteiger partial charge in [0, 0.05) is 0 Å². The van der Waals surface area contributed by atoms with Gasteiger partial charge in [-0.3, -0.25) is 0 Å². The van der Waals surface area contributed by atoms with E-state index in [4.69, 9.17) is 0 Å². The van der Waals surface area contributed by atoms with E-state index in [1.54, 1.807) is 5.57 Å². The fourth-order valence-electron chi connectivity index (χ4n) is 2.00. The second-order valence-corrected chi connectivity index (χ2v) is 4.23. The Bertz CT molecular complexity index is 198. The van der Waals surface area contributed by atoms with Crippen LogP contribution in [0, 0.1) is 11.8 Å². The van der Waals surface area contributed by atoms with Crippen LogP contribution in [0.5, 0.6) is 0 Å². The van der Waals surface area contributed by atoms with Crippen molar-refractivity contribution in [1.29, 1.82) is 0 Å². The van der Waals surface area contributed by atoms with E-state index in [0.717, 1.165) is 11.8 Å². The second kappa shape index (κ2) is 5.26. The maximum atomic E-state index is 2.37. The Kier molecular flexibility index (Phi) is 4.27. The Balaban J connectivity index is 2.43. The summed E-state index contributed by atoms with van der Waals surface area (Å²) in [6.07, 6.45) is 12.0. The topological polar surface area (TPSA) is 0 Å². The first-order chi connectivity index (χ1) is 6.27. The summed E-state index contributed by atoms with van der Waals surface area (Å²) in [5.41, 5.74) is 1.66. The lowest BCUT2D eigenvalue weighted by atomic mass is 9.86. The van der Waals surface area contributed by atoms with E-state index < -0.39 is 0 Å². The molecule has 2 unspecified atom stereocenters. The van der Waals surface area contributed by atoms with E-state index in [0.29, 0.717) is 0 Å². The molecule has 0 spiro atoms.